The van der Waals surface area contributed by atoms with Crippen LogP contribution in [-0.4, -0.2) is 238 Å². The minimum absolute atomic E-state index is 0. The van der Waals surface area contributed by atoms with Gasteiger partial charge in [-0.1, -0.05) is 30.3 Å². The Morgan fingerprint density at radius 1 is 0.504 bits per heavy atom. The van der Waals surface area contributed by atoms with Crippen LogP contribution in [0.4, 0.5) is 99.1 Å². The topological polar surface area (TPSA) is 488 Å². The van der Waals surface area contributed by atoms with Gasteiger partial charge in [0.25, 0.3) is 52.8 Å². The minimum Gasteiger partial charge on any atom is 0 e. The van der Waals surface area contributed by atoms with E-state index in [0.29, 0.717) is 34.3 Å². The van der Waals surface area contributed by atoms with E-state index in [0.717, 1.165) is 92.3 Å². The number of alkyl halides is 15. The van der Waals surface area contributed by atoms with E-state index in [1.165, 1.54) is 140 Å². The normalized spacial score (nSPS) is 10.9. The number of carbonyl (C=O) groups excluding carboxylic acids is 7. The van der Waals surface area contributed by atoms with Crippen LogP contribution >= 0.6 is 51.4 Å². The third kappa shape index (κ3) is 48.2. The quantitative estimate of drug-likeness (QED) is 0.0118. The molecule has 34 nitrogen and oxygen atoms in total. The zero-order valence-corrected chi connectivity index (χ0v) is 83.0. The molecule has 0 aliphatic carbocycles. The third-order valence-corrected chi connectivity index (χ3v) is 17.3. The number of thiazole rings is 2. The summed E-state index contributed by atoms with van der Waals surface area (Å²) < 4.78 is 234. The predicted molar refractivity (Wildman–Crippen MR) is 447 cm³/mol. The van der Waals surface area contributed by atoms with Gasteiger partial charge >= 0.3 is 105 Å². The number of hydrogen-bond donors (Lipinski definition) is 7. The Bertz CT molecular complexity index is 5440. The van der Waals surface area contributed by atoms with Gasteiger partial charge in [0.05, 0.1) is 67.7 Å². The second kappa shape index (κ2) is 58.6. The molecule has 0 saturated carbocycles. The number of aliphatic carboxylic acids is 1. The molecule has 2 radical (unpaired) electrons. The summed E-state index contributed by atoms with van der Waals surface area (Å²) in [6.07, 6.45) is -21.6. The molecule has 9 N–H and O–H groups in total. The van der Waals surface area contributed by atoms with Crippen LogP contribution in [0.25, 0.3) is 0 Å². The second-order valence-corrected chi connectivity index (χ2v) is 30.8. The Morgan fingerprint density at radius 2 is 0.786 bits per heavy atom. The van der Waals surface area contributed by atoms with Crippen molar-refractivity contribution in [2.45, 2.75) is 70.3 Å². The Kier molecular flexibility index (Phi) is 57.3. The zero-order valence-electron chi connectivity index (χ0n) is 70.5. The molecule has 0 saturated heterocycles. The van der Waals surface area contributed by atoms with Crippen LogP contribution in [0.3, 0.4) is 0 Å². The van der Waals surface area contributed by atoms with Gasteiger partial charge in [-0.15, -0.1) is 39.7 Å². The van der Waals surface area contributed by atoms with Crippen molar-refractivity contribution < 1.29 is 188 Å². The molecule has 0 bridgehead atoms. The average Bonchev–Trinajstić information content (AvgIpc) is 1.75. The van der Waals surface area contributed by atoms with Gasteiger partial charge in [-0.25, -0.2) is 24.0 Å². The number of halogens is 17. The molecule has 8 aromatic rings. The smallest absolute Gasteiger partial charge is 0 e. The van der Waals surface area contributed by atoms with Crippen LogP contribution in [0.2, 0.25) is 0 Å². The van der Waals surface area contributed by atoms with Crippen molar-refractivity contribution in [3.63, 3.8) is 0 Å². The summed E-state index contributed by atoms with van der Waals surface area (Å²) in [5.41, 5.74) is 2.52. The van der Waals surface area contributed by atoms with Crippen molar-refractivity contribution in [3.05, 3.63) is 235 Å². The number of rotatable bonds is 16. The van der Waals surface area contributed by atoms with E-state index in [2.05, 4.69) is 25.9 Å². The molecular formula is C72H75BrClF15N14Na2O20S4V2. The number of benzene rings is 6. The van der Waals surface area contributed by atoms with Crippen molar-refractivity contribution in [1.29, 1.82) is 0 Å². The molecule has 8 rings (SSSR count). The number of ether oxygens (including phenoxy) is 1. The van der Waals surface area contributed by atoms with Gasteiger partial charge in [-0.05, 0) is 97.9 Å². The number of alkyl carbamates (subject to hydrolysis) is 1. The van der Waals surface area contributed by atoms with Gasteiger partial charge in [0.2, 0.25) is 0 Å². The Hall–Kier alpha value is -9.34. The van der Waals surface area contributed by atoms with Crippen LogP contribution < -0.4 is 27.4 Å². The van der Waals surface area contributed by atoms with Crippen LogP contribution in [0.5, 0.6) is 0 Å². The fourth-order valence-electron chi connectivity index (χ4n) is 8.54. The molecule has 59 heteroatoms. The number of nitrogens with two attached hydrogens (primary N) is 2. The number of nitrogen functional groups attached to an aromatic ring is 1. The number of hydrogen-bond acceptors (Lipinski definition) is 25. The fraction of sp³-hybridized carbons (Fsp3) is 0.292. The molecular weight excluding hydrogens is 2060 g/mol. The molecule has 2 heterocycles. The number of carboxylic acid groups (broad SMARTS) is 2. The predicted octanol–water partition coefficient (Wildman–Crippen LogP) is 14.1. The summed E-state index contributed by atoms with van der Waals surface area (Å²) in [5.74, 6) is -6.33. The molecule has 7 amide bonds. The first-order valence-corrected chi connectivity index (χ1v) is 47.5. The van der Waals surface area contributed by atoms with Gasteiger partial charge in [0.15, 0.2) is 0 Å². The van der Waals surface area contributed by atoms with Crippen molar-refractivity contribution in [3.8, 4) is 0 Å². The van der Waals surface area contributed by atoms with Crippen LogP contribution in [0.1, 0.15) is 147 Å². The molecule has 2 unspecified atom stereocenters. The molecule has 2 aromatic heterocycles. The van der Waals surface area contributed by atoms with E-state index in [4.69, 9.17) is 59.8 Å². The Balaban J connectivity index is -0.000000755. The van der Waals surface area contributed by atoms with Crippen LogP contribution in [0, 0.1) is 20.2 Å². The molecule has 0 aliphatic rings. The number of carbonyl (C=O) groups is 9. The van der Waals surface area contributed by atoms with Gasteiger partial charge in [-0.3, -0.25) is 53.8 Å². The summed E-state index contributed by atoms with van der Waals surface area (Å²) in [6.45, 7) is 4.52. The summed E-state index contributed by atoms with van der Waals surface area (Å²) in [7, 11) is 8.89. The van der Waals surface area contributed by atoms with E-state index in [1.807, 2.05) is 30.3 Å². The number of nitro groups is 2. The molecule has 131 heavy (non-hydrogen) atoms. The van der Waals surface area contributed by atoms with Gasteiger partial charge < -0.3 is 62.0 Å². The first-order chi connectivity index (χ1) is 58.6. The fourth-order valence-corrected chi connectivity index (χ4v) is 10.1. The first-order valence-electron chi connectivity index (χ1n) is 34.8. The Morgan fingerprint density at radius 3 is 1.08 bits per heavy atom. The monoisotopic (exact) mass is 2130 g/mol. The number of aromatic nitrogens is 2. The Labute approximate surface area is 813 Å². The van der Waals surface area contributed by atoms with Crippen molar-refractivity contribution >= 4 is 195 Å². The number of carboxylic acids is 2. The number of amides is 7. The van der Waals surface area contributed by atoms with Crippen LogP contribution in [-0.2, 0) is 103 Å². The summed E-state index contributed by atoms with van der Waals surface area (Å²) in [4.78, 5) is 135. The SMILES string of the molecule is Br.CC(=O)O.CC(N)c1ncc(C(=O)Nc2cc(C(=O)N(C)C)cc(C(F)(F)F)c2)s1.CC(NC(=O)OCc1ccccc1)c1ncc(C(=O)Nc2cc(C(=O)N(C)C)cc(C(F)(F)F)c2)s1.CN(C)C(=O)c1cc(N)cc(C(F)(F)F)c1.CN(C)C(=O)c1cc([N+](=O)[O-])cc(C(F)(F)F)c1.CN(C)Cl.O=C(O)c1cc([N+](=O)[O-])cc(C(F)(F)F)c1.O=S(=O)=S(=O)=O.[Na][Na].[V].[V]. The van der Waals surface area contributed by atoms with E-state index in [9.17, 15) is 124 Å². The average molecular weight is 2130 g/mol. The summed E-state index contributed by atoms with van der Waals surface area (Å²) in [6, 6.07) is 19.3. The van der Waals surface area contributed by atoms with Gasteiger partial charge in [0.1, 0.15) is 26.4 Å². The van der Waals surface area contributed by atoms with Gasteiger partial charge in [0, 0.05) is 178 Å². The van der Waals surface area contributed by atoms with Gasteiger partial charge in [-0.2, -0.15) is 82.7 Å². The third-order valence-electron chi connectivity index (χ3n) is 14.0. The van der Waals surface area contributed by atoms with E-state index in [-0.39, 0.29) is 122 Å². The number of nitro benzene ring substituents is 2. The standard InChI is InChI=1S/C24H23F3N4O4S.C16H17F3N4O2S.C10H9F3N2O3.C10H11F3N2O.C8H4F3NO4.C2H6ClN.C2H4O2.BrH.2Na.O4S2.2V/c1-14(29-23(34)35-13-15-7-5-4-6-8-15)21-28-12-19(36-21)20(32)30-18-10-16(22(33)31(2)3)9-17(11-18)24(25,26)27;1-8(20)14-21-7-12(26-14)13(24)22-11-5-9(15(25)23(2)3)4-10(6-11)16(17,18)19;1-14(2)9(16)6-3-7(10(11,12)13)5-8(4-6)15(17)18;1-15(2)9(16)6-3-7(10(11,12)13)5-8(14)4-6;9-8(10,11)5-1-4(7(13)14)2-6(3-5)12(15)16;1-4(2)3;1-2(3)4;;;;1-5(2)6(3)4;;/h4-12,14H,13H2,1-3H3,(H,29,34)(H,30,32);4-8H,20H2,1-3H3,(H,22,24);3-5H,1-2H3;3-5H,14H2,1-2H3;1-3H,(H,13,14);1-2H3;1H3,(H,3,4);1H;;;;;. The number of nitrogens with one attached hydrogen (secondary N) is 3. The first kappa shape index (κ1) is 128. The molecule has 0 fully saturated rings. The van der Waals surface area contributed by atoms with E-state index < -0.39 is 164 Å². The van der Waals surface area contributed by atoms with Crippen molar-refractivity contribution in [2.24, 2.45) is 5.73 Å². The van der Waals surface area contributed by atoms with Crippen molar-refractivity contribution in [1.82, 2.24) is 39.3 Å². The molecule has 6 aromatic carbocycles. The number of nitrogens with zero attached hydrogens (tertiary/aromatic N) is 9. The number of aromatic carboxylic acids is 1. The second-order valence-electron chi connectivity index (χ2n) is 25.5. The summed E-state index contributed by atoms with van der Waals surface area (Å²) >= 11 is 10.0. The molecule has 0 aliphatic heterocycles. The van der Waals surface area contributed by atoms with E-state index >= 15 is 0 Å². The largest absolute Gasteiger partial charge is 0 e. The molecule has 708 valence electrons. The summed E-state index contributed by atoms with van der Waals surface area (Å²) in [5, 5.41) is 45.0. The number of anilines is 3. The zero-order chi connectivity index (χ0) is 99.5. The maximum absolute atomic E-state index is 13.3. The van der Waals surface area contributed by atoms with Crippen molar-refractivity contribution in [2.75, 3.05) is 86.8 Å². The van der Waals surface area contributed by atoms with Crippen LogP contribution in [0.15, 0.2) is 134 Å². The minimum atomic E-state index is -4.82. The number of non-ortho nitro benzene ring substituents is 2. The molecule has 0 spiro atoms. The maximum atomic E-state index is 13.3. The maximum Gasteiger partial charge on any atom is 0 e. The van der Waals surface area contributed by atoms with E-state index in [1.54, 1.807) is 27.9 Å². The molecule has 2 atom stereocenters.